The predicted molar refractivity (Wildman–Crippen MR) is 111 cm³/mol. The molecular weight excluding hydrogens is 385 g/mol. The molecule has 0 saturated carbocycles. The standard InChI is InChI=1S/C20H19ClFN3OS/c1-24(2)11-12-25(19(26)10-7-14-5-3-4-6-16(14)21)20-23-17-9-8-15(22)13-18(17)27-20/h3-10,13H,11-12H2,1-2H3. The smallest absolute Gasteiger partial charge is 0.252 e. The van der Waals surface area contributed by atoms with Crippen LogP contribution in [0.15, 0.2) is 48.5 Å². The molecule has 0 spiro atoms. The van der Waals surface area contributed by atoms with Gasteiger partial charge in [-0.3, -0.25) is 9.69 Å². The second-order valence-corrected chi connectivity index (χ2v) is 7.67. The SMILES string of the molecule is CN(C)CCN(C(=O)C=Cc1ccccc1Cl)c1nc2ccc(F)cc2s1. The van der Waals surface area contributed by atoms with Crippen LogP contribution < -0.4 is 4.90 Å². The maximum atomic E-state index is 13.5. The molecular formula is C20H19ClFN3OS. The van der Waals surface area contributed by atoms with Crippen molar-refractivity contribution in [3.63, 3.8) is 0 Å². The monoisotopic (exact) mass is 403 g/mol. The van der Waals surface area contributed by atoms with Gasteiger partial charge >= 0.3 is 0 Å². The van der Waals surface area contributed by atoms with E-state index in [2.05, 4.69) is 4.98 Å². The molecule has 27 heavy (non-hydrogen) atoms. The van der Waals surface area contributed by atoms with Crippen LogP contribution in [0.4, 0.5) is 9.52 Å². The Bertz CT molecular complexity index is 986. The first-order valence-electron chi connectivity index (χ1n) is 8.39. The first-order valence-corrected chi connectivity index (χ1v) is 9.58. The zero-order chi connectivity index (χ0) is 19.4. The summed E-state index contributed by atoms with van der Waals surface area (Å²) in [6.07, 6.45) is 3.18. The van der Waals surface area contributed by atoms with Gasteiger partial charge in [0, 0.05) is 24.2 Å². The van der Waals surface area contributed by atoms with E-state index in [0.29, 0.717) is 33.5 Å². The van der Waals surface area contributed by atoms with Gasteiger partial charge in [-0.15, -0.1) is 0 Å². The normalized spacial score (nSPS) is 11.6. The Balaban J connectivity index is 1.89. The highest BCUT2D eigenvalue weighted by molar-refractivity contribution is 7.22. The number of hydrogen-bond acceptors (Lipinski definition) is 4. The summed E-state index contributed by atoms with van der Waals surface area (Å²) in [6.45, 7) is 1.15. The van der Waals surface area contributed by atoms with Crippen LogP contribution in [-0.2, 0) is 4.79 Å². The Labute approximate surface area is 166 Å². The van der Waals surface area contributed by atoms with Gasteiger partial charge in [0.2, 0.25) is 0 Å². The van der Waals surface area contributed by atoms with Gasteiger partial charge in [0.15, 0.2) is 5.13 Å². The van der Waals surface area contributed by atoms with Crippen molar-refractivity contribution < 1.29 is 9.18 Å². The highest BCUT2D eigenvalue weighted by Gasteiger charge is 2.18. The average Bonchev–Trinajstić information content (AvgIpc) is 3.03. The van der Waals surface area contributed by atoms with Crippen LogP contribution in [0.5, 0.6) is 0 Å². The summed E-state index contributed by atoms with van der Waals surface area (Å²) in [5.41, 5.74) is 1.44. The lowest BCUT2D eigenvalue weighted by atomic mass is 10.2. The van der Waals surface area contributed by atoms with Crippen molar-refractivity contribution in [3.05, 3.63) is 64.9 Å². The van der Waals surface area contributed by atoms with Crippen molar-refractivity contribution in [2.45, 2.75) is 0 Å². The van der Waals surface area contributed by atoms with Crippen LogP contribution in [-0.4, -0.2) is 43.0 Å². The topological polar surface area (TPSA) is 36.4 Å². The second kappa shape index (κ2) is 8.61. The van der Waals surface area contributed by atoms with Crippen molar-refractivity contribution in [2.75, 3.05) is 32.1 Å². The molecule has 140 valence electrons. The molecule has 0 aliphatic rings. The number of anilines is 1. The van der Waals surface area contributed by atoms with Gasteiger partial charge < -0.3 is 4.90 Å². The lowest BCUT2D eigenvalue weighted by Crippen LogP contribution is -2.35. The number of benzene rings is 2. The summed E-state index contributed by atoms with van der Waals surface area (Å²) in [5, 5.41) is 1.13. The molecule has 0 aliphatic carbocycles. The number of carbonyl (C=O) groups excluding carboxylic acids is 1. The molecule has 3 aromatic rings. The molecule has 0 unspecified atom stereocenters. The first-order chi connectivity index (χ1) is 12.9. The van der Waals surface area contributed by atoms with E-state index in [1.807, 2.05) is 37.2 Å². The molecule has 1 amide bonds. The minimum Gasteiger partial charge on any atom is -0.308 e. The average molecular weight is 404 g/mol. The van der Waals surface area contributed by atoms with E-state index in [-0.39, 0.29) is 11.7 Å². The first kappa shape index (κ1) is 19.5. The number of carbonyl (C=O) groups is 1. The number of aromatic nitrogens is 1. The van der Waals surface area contributed by atoms with Crippen molar-refractivity contribution in [1.82, 2.24) is 9.88 Å². The third-order valence-electron chi connectivity index (χ3n) is 3.92. The van der Waals surface area contributed by atoms with Crippen molar-refractivity contribution in [1.29, 1.82) is 0 Å². The van der Waals surface area contributed by atoms with Crippen LogP contribution in [0.2, 0.25) is 5.02 Å². The van der Waals surface area contributed by atoms with E-state index in [4.69, 9.17) is 11.6 Å². The largest absolute Gasteiger partial charge is 0.308 e. The molecule has 0 fully saturated rings. The Morgan fingerprint density at radius 2 is 2.00 bits per heavy atom. The molecule has 4 nitrogen and oxygen atoms in total. The minimum atomic E-state index is -0.317. The highest BCUT2D eigenvalue weighted by atomic mass is 35.5. The van der Waals surface area contributed by atoms with E-state index >= 15 is 0 Å². The Hall–Kier alpha value is -2.28. The number of thiazole rings is 1. The predicted octanol–water partition coefficient (Wildman–Crippen LogP) is 4.70. The Morgan fingerprint density at radius 3 is 2.74 bits per heavy atom. The fourth-order valence-electron chi connectivity index (χ4n) is 2.46. The van der Waals surface area contributed by atoms with Crippen LogP contribution >= 0.6 is 22.9 Å². The third kappa shape index (κ3) is 4.91. The molecule has 2 aromatic carbocycles. The molecule has 3 rings (SSSR count). The molecule has 0 atom stereocenters. The third-order valence-corrected chi connectivity index (χ3v) is 5.30. The van der Waals surface area contributed by atoms with Crippen molar-refractivity contribution in [3.8, 4) is 0 Å². The number of fused-ring (bicyclic) bond motifs is 1. The maximum Gasteiger partial charge on any atom is 0.252 e. The number of amides is 1. The number of nitrogens with zero attached hydrogens (tertiary/aromatic N) is 3. The Kier molecular flexibility index (Phi) is 6.21. The van der Waals surface area contributed by atoms with Crippen LogP contribution in [0, 0.1) is 5.82 Å². The van der Waals surface area contributed by atoms with Gasteiger partial charge in [-0.1, -0.05) is 41.1 Å². The summed E-state index contributed by atoms with van der Waals surface area (Å²) >= 11 is 7.45. The second-order valence-electron chi connectivity index (χ2n) is 6.26. The summed E-state index contributed by atoms with van der Waals surface area (Å²) in [7, 11) is 3.88. The lowest BCUT2D eigenvalue weighted by molar-refractivity contribution is -0.114. The highest BCUT2D eigenvalue weighted by Crippen LogP contribution is 2.29. The lowest BCUT2D eigenvalue weighted by Gasteiger charge is -2.20. The van der Waals surface area contributed by atoms with E-state index in [1.165, 1.54) is 29.5 Å². The van der Waals surface area contributed by atoms with Gasteiger partial charge in [-0.25, -0.2) is 9.37 Å². The summed E-state index contributed by atoms with van der Waals surface area (Å²) < 4.78 is 14.2. The fourth-order valence-corrected chi connectivity index (χ4v) is 3.68. The van der Waals surface area contributed by atoms with E-state index in [0.717, 1.165) is 5.56 Å². The van der Waals surface area contributed by atoms with Crippen molar-refractivity contribution >= 4 is 50.3 Å². The molecule has 0 radical (unpaired) electrons. The van der Waals surface area contributed by atoms with Crippen LogP contribution in [0.25, 0.3) is 16.3 Å². The Morgan fingerprint density at radius 1 is 1.22 bits per heavy atom. The minimum absolute atomic E-state index is 0.198. The zero-order valence-electron chi connectivity index (χ0n) is 15.0. The van der Waals surface area contributed by atoms with E-state index < -0.39 is 0 Å². The molecule has 0 aliphatic heterocycles. The van der Waals surface area contributed by atoms with Gasteiger partial charge in [0.05, 0.1) is 10.2 Å². The van der Waals surface area contributed by atoms with Crippen molar-refractivity contribution in [2.24, 2.45) is 0 Å². The van der Waals surface area contributed by atoms with Gasteiger partial charge in [0.25, 0.3) is 5.91 Å². The number of rotatable bonds is 6. The van der Waals surface area contributed by atoms with Gasteiger partial charge in [0.1, 0.15) is 5.82 Å². The molecule has 0 saturated heterocycles. The van der Waals surface area contributed by atoms with Gasteiger partial charge in [-0.05, 0) is 50.0 Å². The maximum absolute atomic E-state index is 13.5. The molecule has 0 bridgehead atoms. The summed E-state index contributed by atoms with van der Waals surface area (Å²) in [4.78, 5) is 21.0. The number of hydrogen-bond donors (Lipinski definition) is 0. The summed E-state index contributed by atoms with van der Waals surface area (Å²) in [6, 6.07) is 11.8. The molecule has 1 heterocycles. The molecule has 1 aromatic heterocycles. The molecule has 7 heteroatoms. The van der Waals surface area contributed by atoms with E-state index in [9.17, 15) is 9.18 Å². The van der Waals surface area contributed by atoms with E-state index in [1.54, 1.807) is 23.1 Å². The molecule has 0 N–H and O–H groups in total. The quantitative estimate of drug-likeness (QED) is 0.560. The summed E-state index contributed by atoms with van der Waals surface area (Å²) in [5.74, 6) is -0.515. The zero-order valence-corrected chi connectivity index (χ0v) is 16.6. The van der Waals surface area contributed by atoms with Gasteiger partial charge in [-0.2, -0.15) is 0 Å². The fraction of sp³-hybridized carbons (Fsp3) is 0.200. The van der Waals surface area contributed by atoms with Crippen LogP contribution in [0.3, 0.4) is 0 Å². The number of likely N-dealkylation sites (N-methyl/N-ethyl adjacent to an activating group) is 1. The number of halogens is 2. The van der Waals surface area contributed by atoms with Crippen LogP contribution in [0.1, 0.15) is 5.56 Å².